The van der Waals surface area contributed by atoms with Gasteiger partial charge in [-0.15, -0.1) is 0 Å². The summed E-state index contributed by atoms with van der Waals surface area (Å²) in [6.07, 6.45) is 0.464. The molecular formula is C22H18FNO3. The number of benzene rings is 3. The summed E-state index contributed by atoms with van der Waals surface area (Å²) in [5.74, 6) is -0.731. The number of nitrogens with zero attached hydrogens (tertiary/aromatic N) is 1. The molecular weight excluding hydrogens is 345 g/mol. The molecule has 0 radical (unpaired) electrons. The molecule has 27 heavy (non-hydrogen) atoms. The first kappa shape index (κ1) is 18.6. The average Bonchev–Trinajstić information content (AvgIpc) is 2.70. The summed E-state index contributed by atoms with van der Waals surface area (Å²) in [6.45, 7) is -0.392. The number of hydrogen-bond acceptors (Lipinski definition) is 4. The number of aliphatic hydroxyl groups is 1. The van der Waals surface area contributed by atoms with E-state index < -0.39 is 5.82 Å². The smallest absolute Gasteiger partial charge is 0.193 e. The van der Waals surface area contributed by atoms with Gasteiger partial charge in [0.2, 0.25) is 0 Å². The second-order valence-electron chi connectivity index (χ2n) is 6.17. The minimum absolute atomic E-state index is 0.0415. The molecule has 0 saturated carbocycles. The van der Waals surface area contributed by atoms with Crippen molar-refractivity contribution in [2.45, 2.75) is 19.6 Å². The lowest BCUT2D eigenvalue weighted by atomic mass is 9.88. The number of carbonyl (C=O) groups excluding carboxylic acids is 1. The highest BCUT2D eigenvalue weighted by Gasteiger charge is 2.19. The lowest BCUT2D eigenvalue weighted by Crippen LogP contribution is -2.11. The molecule has 0 aliphatic heterocycles. The number of aliphatic hydroxyl groups excluding tert-OH is 1. The molecule has 0 fully saturated rings. The zero-order valence-corrected chi connectivity index (χ0v) is 14.6. The fourth-order valence-electron chi connectivity index (χ4n) is 3.13. The molecule has 3 aromatic carbocycles. The van der Waals surface area contributed by atoms with Gasteiger partial charge >= 0.3 is 0 Å². The van der Waals surface area contributed by atoms with Crippen molar-refractivity contribution in [3.63, 3.8) is 0 Å². The van der Waals surface area contributed by atoms with Crippen LogP contribution in [0.15, 0.2) is 71.9 Å². The Morgan fingerprint density at radius 2 is 1.63 bits per heavy atom. The van der Waals surface area contributed by atoms with E-state index in [0.29, 0.717) is 28.7 Å². The second-order valence-corrected chi connectivity index (χ2v) is 6.17. The SMILES string of the molecule is O=NCc1ccc(C(=O)c2ccc(F)cc2)c(CO)c1Cc1ccccc1. The van der Waals surface area contributed by atoms with Crippen molar-refractivity contribution in [1.82, 2.24) is 0 Å². The third-order valence-electron chi connectivity index (χ3n) is 4.50. The van der Waals surface area contributed by atoms with Gasteiger partial charge in [0.05, 0.1) is 6.61 Å². The van der Waals surface area contributed by atoms with Crippen molar-refractivity contribution in [3.8, 4) is 0 Å². The van der Waals surface area contributed by atoms with E-state index in [1.54, 1.807) is 12.1 Å². The van der Waals surface area contributed by atoms with E-state index in [0.717, 1.165) is 11.1 Å². The van der Waals surface area contributed by atoms with Crippen LogP contribution >= 0.6 is 0 Å². The van der Waals surface area contributed by atoms with E-state index in [2.05, 4.69) is 5.18 Å². The van der Waals surface area contributed by atoms with Crippen LogP contribution in [0.4, 0.5) is 4.39 Å². The Kier molecular flexibility index (Phi) is 5.84. The summed E-state index contributed by atoms with van der Waals surface area (Å²) in [5.41, 5.74) is 3.52. The lowest BCUT2D eigenvalue weighted by Gasteiger charge is -2.16. The first-order valence-electron chi connectivity index (χ1n) is 8.52. The minimum atomic E-state index is -0.425. The molecule has 0 aliphatic carbocycles. The molecule has 4 nitrogen and oxygen atoms in total. The van der Waals surface area contributed by atoms with Gasteiger partial charge in [-0.1, -0.05) is 47.6 Å². The molecule has 3 aromatic rings. The summed E-state index contributed by atoms with van der Waals surface area (Å²) >= 11 is 0. The molecule has 0 atom stereocenters. The summed E-state index contributed by atoms with van der Waals surface area (Å²) in [7, 11) is 0. The Labute approximate surface area is 156 Å². The number of ketones is 1. The topological polar surface area (TPSA) is 66.7 Å². The maximum atomic E-state index is 13.2. The Morgan fingerprint density at radius 1 is 0.926 bits per heavy atom. The Hall–Kier alpha value is -3.18. The van der Waals surface area contributed by atoms with Crippen LogP contribution in [0.2, 0.25) is 0 Å². The molecule has 136 valence electrons. The van der Waals surface area contributed by atoms with Crippen molar-refractivity contribution in [2.24, 2.45) is 5.18 Å². The van der Waals surface area contributed by atoms with Crippen molar-refractivity contribution in [2.75, 3.05) is 0 Å². The fraction of sp³-hybridized carbons (Fsp3) is 0.136. The zero-order valence-electron chi connectivity index (χ0n) is 14.6. The van der Waals surface area contributed by atoms with Crippen molar-refractivity contribution < 1.29 is 14.3 Å². The van der Waals surface area contributed by atoms with Gasteiger partial charge in [0.25, 0.3) is 0 Å². The lowest BCUT2D eigenvalue weighted by molar-refractivity contribution is 0.103. The molecule has 0 aromatic heterocycles. The number of rotatable bonds is 7. The van der Waals surface area contributed by atoms with Crippen LogP contribution in [0.25, 0.3) is 0 Å². The summed E-state index contributed by atoms with van der Waals surface area (Å²) in [5, 5.41) is 13.0. The van der Waals surface area contributed by atoms with Gasteiger partial charge in [-0.25, -0.2) is 4.39 Å². The first-order chi connectivity index (χ1) is 13.1. The van der Waals surface area contributed by atoms with Crippen LogP contribution in [0, 0.1) is 10.7 Å². The largest absolute Gasteiger partial charge is 0.392 e. The molecule has 0 bridgehead atoms. The molecule has 1 N–H and O–H groups in total. The number of hydrogen-bond donors (Lipinski definition) is 1. The maximum Gasteiger partial charge on any atom is 0.193 e. The van der Waals surface area contributed by atoms with Gasteiger partial charge in [-0.05, 0) is 52.9 Å². The van der Waals surface area contributed by atoms with Crippen molar-refractivity contribution >= 4 is 5.78 Å². The first-order valence-corrected chi connectivity index (χ1v) is 8.52. The van der Waals surface area contributed by atoms with Gasteiger partial charge in [0.1, 0.15) is 12.4 Å². The molecule has 0 spiro atoms. The molecule has 0 heterocycles. The highest BCUT2D eigenvalue weighted by atomic mass is 19.1. The number of carbonyl (C=O) groups is 1. The fourth-order valence-corrected chi connectivity index (χ4v) is 3.13. The van der Waals surface area contributed by atoms with Crippen LogP contribution in [0.1, 0.15) is 38.2 Å². The highest BCUT2D eigenvalue weighted by Crippen LogP contribution is 2.26. The monoisotopic (exact) mass is 363 g/mol. The van der Waals surface area contributed by atoms with E-state index in [-0.39, 0.29) is 18.9 Å². The standard InChI is InChI=1S/C22H18FNO3/c23-18-9-6-16(7-10-18)22(26)19-11-8-17(13-24-27)20(21(19)14-25)12-15-4-2-1-3-5-15/h1-11,25H,12-14H2. The van der Waals surface area contributed by atoms with E-state index in [1.165, 1.54) is 24.3 Å². The van der Waals surface area contributed by atoms with Crippen LogP contribution in [0.5, 0.6) is 0 Å². The van der Waals surface area contributed by atoms with Crippen LogP contribution in [-0.2, 0) is 19.6 Å². The zero-order chi connectivity index (χ0) is 19.2. The highest BCUT2D eigenvalue weighted by molar-refractivity contribution is 6.10. The molecule has 0 saturated heterocycles. The summed E-state index contributed by atoms with van der Waals surface area (Å²) in [6, 6.07) is 18.1. The van der Waals surface area contributed by atoms with Gasteiger partial charge in [-0.3, -0.25) is 4.79 Å². The molecule has 5 heteroatoms. The molecule has 3 rings (SSSR count). The average molecular weight is 363 g/mol. The van der Waals surface area contributed by atoms with Gasteiger partial charge in [0.15, 0.2) is 5.78 Å². The third kappa shape index (κ3) is 4.15. The van der Waals surface area contributed by atoms with E-state index in [1.807, 2.05) is 30.3 Å². The normalized spacial score (nSPS) is 10.6. The van der Waals surface area contributed by atoms with Crippen LogP contribution < -0.4 is 0 Å². The van der Waals surface area contributed by atoms with Crippen LogP contribution in [0.3, 0.4) is 0 Å². The third-order valence-corrected chi connectivity index (χ3v) is 4.50. The van der Waals surface area contributed by atoms with Crippen molar-refractivity contribution in [1.29, 1.82) is 0 Å². The number of nitroso groups, excluding NO2 is 1. The summed E-state index contributed by atoms with van der Waals surface area (Å²) < 4.78 is 13.2. The Balaban J connectivity index is 2.09. The Bertz CT molecular complexity index is 953. The van der Waals surface area contributed by atoms with Crippen LogP contribution in [-0.4, -0.2) is 10.9 Å². The molecule has 0 aliphatic rings. The van der Waals surface area contributed by atoms with Gasteiger partial charge in [0, 0.05) is 11.1 Å². The number of halogens is 1. The van der Waals surface area contributed by atoms with E-state index in [4.69, 9.17) is 0 Å². The Morgan fingerprint density at radius 3 is 2.26 bits per heavy atom. The molecule has 0 amide bonds. The maximum absolute atomic E-state index is 13.2. The molecule has 0 unspecified atom stereocenters. The summed E-state index contributed by atoms with van der Waals surface area (Å²) in [4.78, 5) is 23.7. The van der Waals surface area contributed by atoms with E-state index in [9.17, 15) is 19.2 Å². The predicted molar refractivity (Wildman–Crippen MR) is 101 cm³/mol. The van der Waals surface area contributed by atoms with E-state index >= 15 is 0 Å². The predicted octanol–water partition coefficient (Wildman–Crippen LogP) is 4.41. The second kappa shape index (κ2) is 8.47. The van der Waals surface area contributed by atoms with Gasteiger partial charge < -0.3 is 5.11 Å². The van der Waals surface area contributed by atoms with Crippen molar-refractivity contribution in [3.05, 3.63) is 111 Å². The quantitative estimate of drug-likeness (QED) is 0.499. The minimum Gasteiger partial charge on any atom is -0.392 e. The van der Waals surface area contributed by atoms with Gasteiger partial charge in [-0.2, -0.15) is 4.91 Å².